The fourth-order valence-electron chi connectivity index (χ4n) is 2.97. The minimum Gasteiger partial charge on any atom is -0.493 e. The van der Waals surface area contributed by atoms with Crippen molar-refractivity contribution in [1.29, 1.82) is 0 Å². The number of rotatable bonds is 6. The molecule has 0 radical (unpaired) electrons. The summed E-state index contributed by atoms with van der Waals surface area (Å²) in [5.74, 6) is 2.07. The number of nitrogens with zero attached hydrogens (tertiary/aromatic N) is 3. The van der Waals surface area contributed by atoms with Gasteiger partial charge in [0.05, 0.1) is 17.0 Å². The highest BCUT2D eigenvalue weighted by Crippen LogP contribution is 2.27. The van der Waals surface area contributed by atoms with Crippen molar-refractivity contribution < 1.29 is 9.26 Å². The number of pyridine rings is 2. The molecule has 0 fully saturated rings. The SMILES string of the molecule is Nc1ncccc1-c1cc(CC2=CC=C(OCc3cccnc3)CC2)no1. The van der Waals surface area contributed by atoms with Crippen molar-refractivity contribution in [3.63, 3.8) is 0 Å². The van der Waals surface area contributed by atoms with E-state index in [0.29, 0.717) is 18.2 Å². The first-order valence-corrected chi connectivity index (χ1v) is 8.85. The van der Waals surface area contributed by atoms with Crippen molar-refractivity contribution >= 4 is 5.82 Å². The Morgan fingerprint density at radius 2 is 2.04 bits per heavy atom. The summed E-state index contributed by atoms with van der Waals surface area (Å²) in [4.78, 5) is 8.18. The maximum absolute atomic E-state index is 5.90. The molecule has 27 heavy (non-hydrogen) atoms. The number of ether oxygens (including phenoxy) is 1. The zero-order valence-electron chi connectivity index (χ0n) is 14.8. The van der Waals surface area contributed by atoms with Crippen LogP contribution in [-0.2, 0) is 17.8 Å². The molecule has 0 unspecified atom stereocenters. The molecular weight excluding hydrogens is 340 g/mol. The number of allylic oxidation sites excluding steroid dienone is 4. The number of nitrogens with two attached hydrogens (primary N) is 1. The maximum Gasteiger partial charge on any atom is 0.170 e. The minimum absolute atomic E-state index is 0.440. The number of hydrogen-bond acceptors (Lipinski definition) is 6. The van der Waals surface area contributed by atoms with Crippen LogP contribution in [0.25, 0.3) is 11.3 Å². The van der Waals surface area contributed by atoms with Gasteiger partial charge in [-0.2, -0.15) is 0 Å². The molecule has 0 saturated heterocycles. The van der Waals surface area contributed by atoms with Crippen LogP contribution >= 0.6 is 0 Å². The average molecular weight is 360 g/mol. The fraction of sp³-hybridized carbons (Fsp3) is 0.190. The highest BCUT2D eigenvalue weighted by Gasteiger charge is 2.13. The Kier molecular flexibility index (Phi) is 4.96. The van der Waals surface area contributed by atoms with Gasteiger partial charge in [-0.3, -0.25) is 4.98 Å². The third-order valence-corrected chi connectivity index (χ3v) is 4.42. The highest BCUT2D eigenvalue weighted by atomic mass is 16.5. The molecule has 1 aliphatic rings. The van der Waals surface area contributed by atoms with E-state index in [9.17, 15) is 0 Å². The van der Waals surface area contributed by atoms with E-state index in [-0.39, 0.29) is 0 Å². The monoisotopic (exact) mass is 360 g/mol. The van der Waals surface area contributed by atoms with Crippen LogP contribution in [0.1, 0.15) is 24.1 Å². The first kappa shape index (κ1) is 17.0. The molecule has 0 amide bonds. The van der Waals surface area contributed by atoms with Gasteiger partial charge in [0, 0.05) is 43.1 Å². The average Bonchev–Trinajstić information content (AvgIpc) is 3.17. The molecule has 0 saturated carbocycles. The summed E-state index contributed by atoms with van der Waals surface area (Å²) in [5, 5.41) is 4.16. The van der Waals surface area contributed by atoms with Gasteiger partial charge in [0.25, 0.3) is 0 Å². The van der Waals surface area contributed by atoms with E-state index in [4.69, 9.17) is 15.0 Å². The molecule has 2 N–H and O–H groups in total. The van der Waals surface area contributed by atoms with Crippen LogP contribution in [0, 0.1) is 0 Å². The summed E-state index contributed by atoms with van der Waals surface area (Å²) in [7, 11) is 0. The molecule has 6 heteroatoms. The molecule has 6 nitrogen and oxygen atoms in total. The van der Waals surface area contributed by atoms with Gasteiger partial charge < -0.3 is 15.0 Å². The maximum atomic E-state index is 5.90. The van der Waals surface area contributed by atoms with Crippen molar-refractivity contribution in [2.45, 2.75) is 25.9 Å². The second-order valence-corrected chi connectivity index (χ2v) is 6.40. The van der Waals surface area contributed by atoms with E-state index >= 15 is 0 Å². The van der Waals surface area contributed by atoms with Crippen LogP contribution in [0.3, 0.4) is 0 Å². The molecule has 1 aliphatic carbocycles. The fourth-order valence-corrected chi connectivity index (χ4v) is 2.97. The van der Waals surface area contributed by atoms with Crippen molar-refractivity contribution in [3.05, 3.63) is 83.7 Å². The molecule has 0 bridgehead atoms. The van der Waals surface area contributed by atoms with Crippen LogP contribution in [-0.4, -0.2) is 15.1 Å². The van der Waals surface area contributed by atoms with Crippen molar-refractivity contribution in [3.8, 4) is 11.3 Å². The number of nitrogen functional groups attached to an aromatic ring is 1. The molecule has 0 spiro atoms. The zero-order valence-corrected chi connectivity index (χ0v) is 14.8. The lowest BCUT2D eigenvalue weighted by Crippen LogP contribution is -2.01. The zero-order chi connectivity index (χ0) is 18.5. The minimum atomic E-state index is 0.440. The predicted molar refractivity (Wildman–Crippen MR) is 102 cm³/mol. The van der Waals surface area contributed by atoms with Crippen molar-refractivity contribution in [2.24, 2.45) is 0 Å². The molecule has 3 aromatic rings. The third-order valence-electron chi connectivity index (χ3n) is 4.42. The Bertz CT molecular complexity index is 977. The number of aromatic nitrogens is 3. The van der Waals surface area contributed by atoms with E-state index in [1.807, 2.05) is 42.6 Å². The molecule has 3 aromatic heterocycles. The smallest absolute Gasteiger partial charge is 0.170 e. The van der Waals surface area contributed by atoms with Crippen LogP contribution < -0.4 is 5.73 Å². The van der Waals surface area contributed by atoms with Gasteiger partial charge in [-0.15, -0.1) is 0 Å². The summed E-state index contributed by atoms with van der Waals surface area (Å²) in [6.45, 7) is 0.544. The summed E-state index contributed by atoms with van der Waals surface area (Å²) in [5.41, 5.74) is 9.90. The predicted octanol–water partition coefficient (Wildman–Crippen LogP) is 4.08. The Hall–Kier alpha value is -3.41. The summed E-state index contributed by atoms with van der Waals surface area (Å²) < 4.78 is 11.3. The first-order chi connectivity index (χ1) is 13.3. The topological polar surface area (TPSA) is 87.1 Å². The van der Waals surface area contributed by atoms with Gasteiger partial charge in [-0.25, -0.2) is 4.98 Å². The normalized spacial score (nSPS) is 13.8. The molecule has 3 heterocycles. The molecule has 0 aromatic carbocycles. The van der Waals surface area contributed by atoms with E-state index in [1.54, 1.807) is 12.4 Å². The van der Waals surface area contributed by atoms with Crippen LogP contribution in [0.2, 0.25) is 0 Å². The quantitative estimate of drug-likeness (QED) is 0.713. The van der Waals surface area contributed by atoms with Crippen molar-refractivity contribution in [1.82, 2.24) is 15.1 Å². The second-order valence-electron chi connectivity index (χ2n) is 6.40. The van der Waals surface area contributed by atoms with Gasteiger partial charge in [0.15, 0.2) is 5.76 Å². The van der Waals surface area contributed by atoms with E-state index in [1.165, 1.54) is 5.57 Å². The molecular formula is C21H20N4O2. The van der Waals surface area contributed by atoms with Gasteiger partial charge in [-0.1, -0.05) is 22.9 Å². The molecule has 0 atom stereocenters. The summed E-state index contributed by atoms with van der Waals surface area (Å²) in [6.07, 6.45) is 11.9. The van der Waals surface area contributed by atoms with E-state index < -0.39 is 0 Å². The third kappa shape index (κ3) is 4.23. The van der Waals surface area contributed by atoms with Gasteiger partial charge in [0.2, 0.25) is 0 Å². The Balaban J connectivity index is 1.37. The lowest BCUT2D eigenvalue weighted by Gasteiger charge is -2.15. The molecule has 0 aliphatic heterocycles. The lowest BCUT2D eigenvalue weighted by atomic mass is 9.99. The molecule has 4 rings (SSSR count). The van der Waals surface area contributed by atoms with E-state index in [0.717, 1.165) is 41.8 Å². The highest BCUT2D eigenvalue weighted by molar-refractivity contribution is 5.69. The lowest BCUT2D eigenvalue weighted by molar-refractivity contribution is 0.187. The van der Waals surface area contributed by atoms with Gasteiger partial charge in [0.1, 0.15) is 12.4 Å². The number of hydrogen-bond donors (Lipinski definition) is 1. The Morgan fingerprint density at radius 3 is 2.81 bits per heavy atom. The van der Waals surface area contributed by atoms with Crippen molar-refractivity contribution in [2.75, 3.05) is 5.73 Å². The van der Waals surface area contributed by atoms with Crippen LogP contribution in [0.4, 0.5) is 5.82 Å². The molecule has 136 valence electrons. The summed E-state index contributed by atoms with van der Waals surface area (Å²) >= 11 is 0. The van der Waals surface area contributed by atoms with Crippen LogP contribution in [0.5, 0.6) is 0 Å². The van der Waals surface area contributed by atoms with Crippen LogP contribution in [0.15, 0.2) is 76.9 Å². The van der Waals surface area contributed by atoms with Gasteiger partial charge >= 0.3 is 0 Å². The summed E-state index contributed by atoms with van der Waals surface area (Å²) in [6, 6.07) is 9.55. The van der Waals surface area contributed by atoms with Gasteiger partial charge in [-0.05, 0) is 30.7 Å². The van der Waals surface area contributed by atoms with E-state index in [2.05, 4.69) is 21.2 Å². The largest absolute Gasteiger partial charge is 0.493 e. The Morgan fingerprint density at radius 1 is 1.11 bits per heavy atom. The number of anilines is 1. The second kappa shape index (κ2) is 7.86. The Labute approximate surface area is 157 Å². The standard InChI is InChI=1S/C21H20N4O2/c22-21-19(4-2-10-24-21)20-12-17(25-27-20)11-15-5-7-18(8-6-15)26-14-16-3-1-9-23-13-16/h1-5,7,9-10,12-13H,6,8,11,14H2,(H2,22,24). The first-order valence-electron chi connectivity index (χ1n) is 8.85.